The fourth-order valence-electron chi connectivity index (χ4n) is 4.54. The van der Waals surface area contributed by atoms with E-state index in [9.17, 15) is 9.18 Å². The van der Waals surface area contributed by atoms with Crippen LogP contribution in [0.25, 0.3) is 0 Å². The fraction of sp³-hybridized carbons (Fsp3) is 0.364. The van der Waals surface area contributed by atoms with Gasteiger partial charge >= 0.3 is 0 Å². The quantitative estimate of drug-likeness (QED) is 0.773. The Hall–Kier alpha value is -2.51. The van der Waals surface area contributed by atoms with Crippen molar-refractivity contribution in [3.63, 3.8) is 0 Å². The van der Waals surface area contributed by atoms with Gasteiger partial charge in [-0.2, -0.15) is 5.26 Å². The molecule has 0 spiro atoms. The van der Waals surface area contributed by atoms with Crippen LogP contribution in [0.3, 0.4) is 0 Å². The van der Waals surface area contributed by atoms with Gasteiger partial charge in [-0.1, -0.05) is 30.3 Å². The molecule has 26 heavy (non-hydrogen) atoms. The maximum absolute atomic E-state index is 13.9. The zero-order chi connectivity index (χ0) is 18.1. The topological polar surface area (TPSA) is 44.1 Å². The molecule has 0 aliphatic carbocycles. The van der Waals surface area contributed by atoms with Gasteiger partial charge in [-0.05, 0) is 49.4 Å². The summed E-state index contributed by atoms with van der Waals surface area (Å²) in [4.78, 5) is 15.4. The van der Waals surface area contributed by atoms with Gasteiger partial charge < -0.3 is 0 Å². The molecule has 0 radical (unpaired) electrons. The molecule has 2 aromatic rings. The van der Waals surface area contributed by atoms with Crippen molar-refractivity contribution < 1.29 is 9.18 Å². The van der Waals surface area contributed by atoms with Crippen LogP contribution in [-0.2, 0) is 6.54 Å². The van der Waals surface area contributed by atoms with E-state index in [0.717, 1.165) is 32.2 Å². The number of piperidine rings is 1. The molecule has 2 aromatic carbocycles. The second kappa shape index (κ2) is 7.01. The standard InChI is InChI=1S/C22H21FN2O/c23-21-12-16(6-7-17(21)13-24)22(26)18-10-19-8-9-20(11-18)25(19)14-15-4-2-1-3-5-15/h1-7,12,18-20H,8-11,14H2. The minimum atomic E-state index is -0.608. The Morgan fingerprint density at radius 2 is 1.81 bits per heavy atom. The Bertz CT molecular complexity index is 844. The molecule has 2 bridgehead atoms. The number of ketones is 1. The van der Waals surface area contributed by atoms with Crippen molar-refractivity contribution in [2.75, 3.05) is 0 Å². The smallest absolute Gasteiger partial charge is 0.166 e. The lowest BCUT2D eigenvalue weighted by Gasteiger charge is -2.38. The Labute approximate surface area is 153 Å². The summed E-state index contributed by atoms with van der Waals surface area (Å²) in [6.45, 7) is 0.933. The molecule has 2 unspecified atom stereocenters. The van der Waals surface area contributed by atoms with Crippen LogP contribution in [0.5, 0.6) is 0 Å². The average molecular weight is 348 g/mol. The molecule has 2 heterocycles. The van der Waals surface area contributed by atoms with Crippen LogP contribution >= 0.6 is 0 Å². The van der Waals surface area contributed by atoms with Gasteiger partial charge in [-0.15, -0.1) is 0 Å². The van der Waals surface area contributed by atoms with Gasteiger partial charge in [0, 0.05) is 30.1 Å². The summed E-state index contributed by atoms with van der Waals surface area (Å²) in [5.41, 5.74) is 1.69. The number of rotatable bonds is 4. The summed E-state index contributed by atoms with van der Waals surface area (Å²) in [5.74, 6) is -0.639. The number of nitrogens with zero attached hydrogens (tertiary/aromatic N) is 2. The van der Waals surface area contributed by atoms with Crippen molar-refractivity contribution in [3.8, 4) is 6.07 Å². The first-order valence-electron chi connectivity index (χ1n) is 9.19. The summed E-state index contributed by atoms with van der Waals surface area (Å²) in [6, 6.07) is 17.3. The summed E-state index contributed by atoms with van der Waals surface area (Å²) >= 11 is 0. The van der Waals surface area contributed by atoms with E-state index in [1.165, 1.54) is 17.7 Å². The minimum absolute atomic E-state index is 0.0145. The van der Waals surface area contributed by atoms with Crippen LogP contribution in [0.2, 0.25) is 0 Å². The Kier molecular flexibility index (Phi) is 4.57. The van der Waals surface area contributed by atoms with E-state index in [4.69, 9.17) is 5.26 Å². The van der Waals surface area contributed by atoms with Gasteiger partial charge in [0.1, 0.15) is 11.9 Å². The van der Waals surface area contributed by atoms with Crippen LogP contribution in [-0.4, -0.2) is 22.8 Å². The van der Waals surface area contributed by atoms with Crippen LogP contribution in [0.15, 0.2) is 48.5 Å². The highest BCUT2D eigenvalue weighted by Crippen LogP contribution is 2.40. The largest absolute Gasteiger partial charge is 0.294 e. The minimum Gasteiger partial charge on any atom is -0.294 e. The van der Waals surface area contributed by atoms with Crippen LogP contribution < -0.4 is 0 Å². The maximum atomic E-state index is 13.9. The molecule has 4 heteroatoms. The van der Waals surface area contributed by atoms with E-state index in [2.05, 4.69) is 29.2 Å². The van der Waals surface area contributed by atoms with E-state index in [0.29, 0.717) is 17.6 Å². The predicted molar refractivity (Wildman–Crippen MR) is 97.0 cm³/mol. The molecule has 2 aliphatic rings. The van der Waals surface area contributed by atoms with Crippen LogP contribution in [0, 0.1) is 23.1 Å². The lowest BCUT2D eigenvalue weighted by atomic mass is 9.84. The number of nitriles is 1. The zero-order valence-corrected chi connectivity index (χ0v) is 14.6. The van der Waals surface area contributed by atoms with Gasteiger partial charge in [0.15, 0.2) is 5.78 Å². The highest BCUT2D eigenvalue weighted by atomic mass is 19.1. The van der Waals surface area contributed by atoms with E-state index >= 15 is 0 Å². The average Bonchev–Trinajstić information content (AvgIpc) is 2.90. The monoisotopic (exact) mass is 348 g/mol. The van der Waals surface area contributed by atoms with Gasteiger partial charge in [0.05, 0.1) is 5.56 Å². The third-order valence-corrected chi connectivity index (χ3v) is 5.84. The van der Waals surface area contributed by atoms with E-state index in [-0.39, 0.29) is 17.3 Å². The lowest BCUT2D eigenvalue weighted by Crippen LogP contribution is -2.44. The molecule has 3 nitrogen and oxygen atoms in total. The molecule has 0 amide bonds. The van der Waals surface area contributed by atoms with E-state index in [1.807, 2.05) is 6.07 Å². The molecule has 0 N–H and O–H groups in total. The van der Waals surface area contributed by atoms with E-state index < -0.39 is 5.82 Å². The number of benzene rings is 2. The predicted octanol–water partition coefficient (Wildman–Crippen LogP) is 4.32. The summed E-state index contributed by atoms with van der Waals surface area (Å²) in [6.07, 6.45) is 3.93. The molecule has 2 saturated heterocycles. The molecule has 2 atom stereocenters. The zero-order valence-electron chi connectivity index (χ0n) is 14.6. The SMILES string of the molecule is N#Cc1ccc(C(=O)C2CC3CCC(C2)N3Cc2ccccc2)cc1F. The van der Waals surface area contributed by atoms with Crippen molar-refractivity contribution in [3.05, 3.63) is 71.0 Å². The third-order valence-electron chi connectivity index (χ3n) is 5.84. The number of Topliss-reactive ketones (excluding diaryl/α,β-unsaturated/α-hetero) is 1. The molecular weight excluding hydrogens is 327 g/mol. The number of hydrogen-bond acceptors (Lipinski definition) is 3. The maximum Gasteiger partial charge on any atom is 0.166 e. The van der Waals surface area contributed by atoms with Gasteiger partial charge in [-0.25, -0.2) is 4.39 Å². The highest BCUT2D eigenvalue weighted by Gasteiger charge is 2.42. The molecule has 132 valence electrons. The normalized spacial score (nSPS) is 25.0. The van der Waals surface area contributed by atoms with Gasteiger partial charge in [0.25, 0.3) is 0 Å². The molecule has 2 fully saturated rings. The second-order valence-corrected chi connectivity index (χ2v) is 7.38. The lowest BCUT2D eigenvalue weighted by molar-refractivity contribution is 0.0678. The van der Waals surface area contributed by atoms with E-state index in [1.54, 1.807) is 12.1 Å². The number of halogens is 1. The number of fused-ring (bicyclic) bond motifs is 2. The summed E-state index contributed by atoms with van der Waals surface area (Å²) in [7, 11) is 0. The number of hydrogen-bond donors (Lipinski definition) is 0. The molecule has 2 aliphatic heterocycles. The number of carbonyl (C=O) groups is 1. The first kappa shape index (κ1) is 16.9. The van der Waals surface area contributed by atoms with Crippen LogP contribution in [0.1, 0.15) is 47.2 Å². The third kappa shape index (κ3) is 3.15. The van der Waals surface area contributed by atoms with Crippen molar-refractivity contribution in [2.24, 2.45) is 5.92 Å². The summed E-state index contributed by atoms with van der Waals surface area (Å²) in [5, 5.41) is 8.84. The van der Waals surface area contributed by atoms with Gasteiger partial charge in [0.2, 0.25) is 0 Å². The Morgan fingerprint density at radius 1 is 1.12 bits per heavy atom. The van der Waals surface area contributed by atoms with Crippen molar-refractivity contribution in [1.82, 2.24) is 4.90 Å². The molecule has 0 aromatic heterocycles. The van der Waals surface area contributed by atoms with Crippen molar-refractivity contribution in [1.29, 1.82) is 5.26 Å². The number of carbonyl (C=O) groups excluding carboxylic acids is 1. The molecule has 0 saturated carbocycles. The fourth-order valence-corrected chi connectivity index (χ4v) is 4.54. The Balaban J connectivity index is 1.47. The van der Waals surface area contributed by atoms with Crippen molar-refractivity contribution >= 4 is 5.78 Å². The first-order chi connectivity index (χ1) is 12.7. The molecule has 4 rings (SSSR count). The highest BCUT2D eigenvalue weighted by molar-refractivity contribution is 5.98. The first-order valence-corrected chi connectivity index (χ1v) is 9.19. The summed E-state index contributed by atoms with van der Waals surface area (Å²) < 4.78 is 13.9. The van der Waals surface area contributed by atoms with Crippen molar-refractivity contribution in [2.45, 2.75) is 44.3 Å². The molecular formula is C22H21FN2O. The Morgan fingerprint density at radius 3 is 2.42 bits per heavy atom. The van der Waals surface area contributed by atoms with Crippen LogP contribution in [0.4, 0.5) is 4.39 Å². The second-order valence-electron chi connectivity index (χ2n) is 7.38. The van der Waals surface area contributed by atoms with Gasteiger partial charge in [-0.3, -0.25) is 9.69 Å².